The van der Waals surface area contributed by atoms with Crippen LogP contribution in [0.4, 0.5) is 14.5 Å². The Morgan fingerprint density at radius 2 is 2.13 bits per heavy atom. The molecular weight excluding hydrogens is 404 g/mol. The number of allylic oxidation sites excluding steroid dienone is 2. The van der Waals surface area contributed by atoms with E-state index in [2.05, 4.69) is 15.1 Å². The molecule has 1 fully saturated rings. The molecule has 9 heteroatoms. The van der Waals surface area contributed by atoms with Gasteiger partial charge in [-0.2, -0.15) is 18.3 Å². The number of alkyl halides is 2. The van der Waals surface area contributed by atoms with Gasteiger partial charge >= 0.3 is 6.61 Å². The SMILES string of the molecule is Nc1cccc(-c2nc3nccc(C4(OC(F)F)C=CC=C(OCC5CC5)C4)n3n2)c1. The Bertz CT molecular complexity index is 1170. The van der Waals surface area contributed by atoms with E-state index in [0.29, 0.717) is 41.1 Å². The molecule has 0 bridgehead atoms. The van der Waals surface area contributed by atoms with Gasteiger partial charge in [-0.15, -0.1) is 5.10 Å². The number of nitrogens with zero attached hydrogens (tertiary/aromatic N) is 4. The molecule has 0 amide bonds. The lowest BCUT2D eigenvalue weighted by atomic mass is 9.90. The highest BCUT2D eigenvalue weighted by Gasteiger charge is 2.40. The number of rotatable bonds is 7. The van der Waals surface area contributed by atoms with Gasteiger partial charge in [-0.3, -0.25) is 0 Å². The summed E-state index contributed by atoms with van der Waals surface area (Å²) in [6, 6.07) is 8.73. The van der Waals surface area contributed by atoms with Crippen molar-refractivity contribution in [2.24, 2.45) is 5.92 Å². The predicted molar refractivity (Wildman–Crippen MR) is 110 cm³/mol. The molecule has 1 aromatic carbocycles. The second-order valence-corrected chi connectivity index (χ2v) is 7.79. The summed E-state index contributed by atoms with van der Waals surface area (Å²) in [4.78, 5) is 8.70. The number of hydrogen-bond acceptors (Lipinski definition) is 6. The van der Waals surface area contributed by atoms with Crippen LogP contribution in [0.1, 0.15) is 25.0 Å². The Balaban J connectivity index is 1.55. The summed E-state index contributed by atoms with van der Waals surface area (Å²) in [6.07, 6.45) is 8.96. The van der Waals surface area contributed by atoms with Gasteiger partial charge in [0, 0.05) is 23.9 Å². The average molecular weight is 425 g/mol. The Hall–Kier alpha value is -3.33. The molecule has 2 aliphatic carbocycles. The number of aromatic nitrogens is 4. The van der Waals surface area contributed by atoms with Crippen LogP contribution in [0.25, 0.3) is 17.2 Å². The summed E-state index contributed by atoms with van der Waals surface area (Å²) in [7, 11) is 0. The number of nitrogens with two attached hydrogens (primary N) is 1. The van der Waals surface area contributed by atoms with Crippen LogP contribution in [-0.2, 0) is 15.1 Å². The van der Waals surface area contributed by atoms with E-state index < -0.39 is 12.2 Å². The van der Waals surface area contributed by atoms with E-state index in [1.54, 1.807) is 42.5 Å². The number of ether oxygens (including phenoxy) is 2. The number of anilines is 1. The number of hydrogen-bond donors (Lipinski definition) is 1. The molecule has 2 heterocycles. The van der Waals surface area contributed by atoms with E-state index in [4.69, 9.17) is 15.2 Å². The third-order valence-electron chi connectivity index (χ3n) is 5.40. The van der Waals surface area contributed by atoms with Crippen molar-refractivity contribution in [3.8, 4) is 11.4 Å². The van der Waals surface area contributed by atoms with Gasteiger partial charge in [0.05, 0.1) is 18.1 Å². The van der Waals surface area contributed by atoms with Crippen molar-refractivity contribution in [2.45, 2.75) is 31.5 Å². The highest BCUT2D eigenvalue weighted by Crippen LogP contribution is 2.40. The van der Waals surface area contributed by atoms with E-state index in [1.165, 1.54) is 10.7 Å². The zero-order chi connectivity index (χ0) is 21.4. The molecule has 2 N–H and O–H groups in total. The van der Waals surface area contributed by atoms with Gasteiger partial charge < -0.3 is 15.2 Å². The van der Waals surface area contributed by atoms with E-state index in [-0.39, 0.29) is 12.2 Å². The molecule has 0 radical (unpaired) electrons. The largest absolute Gasteiger partial charge is 0.498 e. The van der Waals surface area contributed by atoms with Crippen molar-refractivity contribution in [1.82, 2.24) is 19.6 Å². The molecule has 5 rings (SSSR count). The van der Waals surface area contributed by atoms with E-state index in [9.17, 15) is 8.78 Å². The van der Waals surface area contributed by atoms with Crippen LogP contribution in [0.15, 0.2) is 60.5 Å². The lowest BCUT2D eigenvalue weighted by Gasteiger charge is -2.33. The van der Waals surface area contributed by atoms with Crippen molar-refractivity contribution in [2.75, 3.05) is 12.3 Å². The van der Waals surface area contributed by atoms with Crippen molar-refractivity contribution in [1.29, 1.82) is 0 Å². The molecule has 3 aromatic rings. The lowest BCUT2D eigenvalue weighted by molar-refractivity contribution is -0.200. The van der Waals surface area contributed by atoms with Crippen LogP contribution in [0.2, 0.25) is 0 Å². The van der Waals surface area contributed by atoms with Crippen LogP contribution in [0.5, 0.6) is 0 Å². The number of halogens is 2. The monoisotopic (exact) mass is 425 g/mol. The fourth-order valence-corrected chi connectivity index (χ4v) is 3.69. The normalized spacial score (nSPS) is 20.9. The molecule has 0 spiro atoms. The molecule has 7 nitrogen and oxygen atoms in total. The maximum Gasteiger partial charge on any atom is 0.346 e. The summed E-state index contributed by atoms with van der Waals surface area (Å²) in [5.74, 6) is 1.80. The minimum absolute atomic E-state index is 0.118. The van der Waals surface area contributed by atoms with Crippen molar-refractivity contribution >= 4 is 11.5 Å². The zero-order valence-electron chi connectivity index (χ0n) is 16.6. The quantitative estimate of drug-likeness (QED) is 0.574. The smallest absolute Gasteiger partial charge is 0.346 e. The van der Waals surface area contributed by atoms with E-state index in [0.717, 1.165) is 12.8 Å². The molecule has 1 unspecified atom stereocenters. The maximum absolute atomic E-state index is 13.5. The topological polar surface area (TPSA) is 87.6 Å². The van der Waals surface area contributed by atoms with Gasteiger partial charge in [-0.05, 0) is 49.1 Å². The fraction of sp³-hybridized carbons (Fsp3) is 0.318. The first-order valence-electron chi connectivity index (χ1n) is 10.1. The second kappa shape index (κ2) is 7.73. The van der Waals surface area contributed by atoms with E-state index >= 15 is 0 Å². The minimum atomic E-state index is -2.99. The molecule has 0 aliphatic heterocycles. The number of benzene rings is 1. The number of fused-ring (bicyclic) bond motifs is 1. The third kappa shape index (κ3) is 4.00. The Labute approximate surface area is 177 Å². The summed E-state index contributed by atoms with van der Waals surface area (Å²) < 4.78 is 39.5. The van der Waals surface area contributed by atoms with Crippen LogP contribution in [0, 0.1) is 5.92 Å². The molecular formula is C22H21F2N5O2. The molecule has 1 saturated carbocycles. The van der Waals surface area contributed by atoms with Crippen LogP contribution < -0.4 is 5.73 Å². The van der Waals surface area contributed by atoms with Crippen molar-refractivity contribution in [3.05, 3.63) is 66.2 Å². The molecule has 160 valence electrons. The summed E-state index contributed by atoms with van der Waals surface area (Å²) >= 11 is 0. The first kappa shape index (κ1) is 19.6. The Kier molecular flexibility index (Phi) is 4.90. The van der Waals surface area contributed by atoms with E-state index in [1.807, 2.05) is 6.07 Å². The van der Waals surface area contributed by atoms with Crippen LogP contribution >= 0.6 is 0 Å². The predicted octanol–water partition coefficient (Wildman–Crippen LogP) is 4.08. The van der Waals surface area contributed by atoms with Crippen LogP contribution in [0.3, 0.4) is 0 Å². The lowest BCUT2D eigenvalue weighted by Crippen LogP contribution is -2.34. The third-order valence-corrected chi connectivity index (χ3v) is 5.40. The zero-order valence-corrected chi connectivity index (χ0v) is 16.6. The number of nitrogen functional groups attached to an aromatic ring is 1. The first-order valence-corrected chi connectivity index (χ1v) is 10.1. The molecule has 31 heavy (non-hydrogen) atoms. The Morgan fingerprint density at radius 3 is 2.90 bits per heavy atom. The van der Waals surface area contributed by atoms with Crippen molar-refractivity contribution < 1.29 is 18.3 Å². The molecule has 2 aliphatic rings. The average Bonchev–Trinajstić information content (AvgIpc) is 3.47. The van der Waals surface area contributed by atoms with Gasteiger partial charge in [-0.1, -0.05) is 18.2 Å². The summed E-state index contributed by atoms with van der Waals surface area (Å²) in [6.45, 7) is -2.41. The highest BCUT2D eigenvalue weighted by atomic mass is 19.3. The summed E-state index contributed by atoms with van der Waals surface area (Å²) in [5, 5.41) is 4.53. The van der Waals surface area contributed by atoms with Gasteiger partial charge in [0.2, 0.25) is 0 Å². The van der Waals surface area contributed by atoms with Crippen molar-refractivity contribution in [3.63, 3.8) is 0 Å². The Morgan fingerprint density at radius 1 is 1.26 bits per heavy atom. The minimum Gasteiger partial charge on any atom is -0.498 e. The van der Waals surface area contributed by atoms with Gasteiger partial charge in [0.25, 0.3) is 5.78 Å². The first-order chi connectivity index (χ1) is 15.0. The van der Waals surface area contributed by atoms with Gasteiger partial charge in [-0.25, -0.2) is 4.98 Å². The molecule has 1 atom stereocenters. The van der Waals surface area contributed by atoms with Crippen LogP contribution in [-0.4, -0.2) is 32.8 Å². The highest BCUT2D eigenvalue weighted by molar-refractivity contribution is 5.62. The summed E-state index contributed by atoms with van der Waals surface area (Å²) in [5.41, 5.74) is 6.06. The molecule has 2 aromatic heterocycles. The second-order valence-electron chi connectivity index (χ2n) is 7.79. The fourth-order valence-electron chi connectivity index (χ4n) is 3.69. The molecule has 0 saturated heterocycles. The van der Waals surface area contributed by atoms with Gasteiger partial charge in [0.15, 0.2) is 5.82 Å². The standard InChI is InChI=1S/C22H21F2N5O2/c23-20(24)31-22(9-2-5-17(12-22)30-13-14-6-7-14)18-8-10-26-21-27-19(28-29(18)21)15-3-1-4-16(25)11-15/h1-5,8-11,14,20H,6-7,12-13,25H2. The van der Waals surface area contributed by atoms with Gasteiger partial charge in [0.1, 0.15) is 5.60 Å². The maximum atomic E-state index is 13.5.